The number of hydrogen-bond acceptors (Lipinski definition) is 6. The number of carbonyl (C=O) groups is 2. The molecule has 1 amide bonds. The van der Waals surface area contributed by atoms with Crippen LogP contribution in [0.2, 0.25) is 0 Å². The van der Waals surface area contributed by atoms with E-state index in [1.54, 1.807) is 28.6 Å². The van der Waals surface area contributed by atoms with Crippen LogP contribution in [0.4, 0.5) is 0 Å². The Kier molecular flexibility index (Phi) is 4.64. The van der Waals surface area contributed by atoms with Crippen LogP contribution in [0.15, 0.2) is 41.2 Å². The van der Waals surface area contributed by atoms with Gasteiger partial charge in [0.1, 0.15) is 0 Å². The third-order valence-corrected chi connectivity index (χ3v) is 4.89. The van der Waals surface area contributed by atoms with E-state index in [4.69, 9.17) is 9.63 Å². The summed E-state index contributed by atoms with van der Waals surface area (Å²) in [7, 11) is 0. The minimum atomic E-state index is -0.994. The molecule has 3 aromatic rings. The molecule has 0 atom stereocenters. The summed E-state index contributed by atoms with van der Waals surface area (Å²) in [6, 6.07) is 7.27. The number of carboxylic acids is 1. The lowest BCUT2D eigenvalue weighted by molar-refractivity contribution is 0.0688. The smallest absolute Gasteiger partial charge is 0.338 e. The van der Waals surface area contributed by atoms with Crippen molar-refractivity contribution in [3.8, 4) is 11.5 Å². The van der Waals surface area contributed by atoms with Crippen LogP contribution in [0, 0.1) is 6.92 Å². The van der Waals surface area contributed by atoms with E-state index in [2.05, 4.69) is 15.2 Å². The molecule has 0 bridgehead atoms. The Morgan fingerprint density at radius 1 is 1.21 bits per heavy atom. The number of hydrogen-bond donors (Lipinski definition) is 1. The summed E-state index contributed by atoms with van der Waals surface area (Å²) >= 11 is 0. The van der Waals surface area contributed by atoms with Gasteiger partial charge in [-0.15, -0.1) is 0 Å². The molecule has 3 heterocycles. The molecule has 0 aliphatic carbocycles. The Balaban J connectivity index is 1.48. The predicted octanol–water partition coefficient (Wildman–Crippen LogP) is 2.42. The number of aromatic nitrogens is 4. The fraction of sp³-hybridized carbons (Fsp3) is 0.316. The van der Waals surface area contributed by atoms with E-state index in [0.29, 0.717) is 48.8 Å². The van der Waals surface area contributed by atoms with Gasteiger partial charge in [-0.2, -0.15) is 10.1 Å². The van der Waals surface area contributed by atoms with Crippen LogP contribution in [0.3, 0.4) is 0 Å². The van der Waals surface area contributed by atoms with E-state index < -0.39 is 5.97 Å². The number of benzene rings is 1. The second kappa shape index (κ2) is 7.26. The van der Waals surface area contributed by atoms with Gasteiger partial charge in [0.25, 0.3) is 11.8 Å². The molecule has 0 saturated carbocycles. The second-order valence-electron chi connectivity index (χ2n) is 6.73. The van der Waals surface area contributed by atoms with Crippen LogP contribution < -0.4 is 0 Å². The van der Waals surface area contributed by atoms with Crippen molar-refractivity contribution in [1.82, 2.24) is 24.8 Å². The summed E-state index contributed by atoms with van der Waals surface area (Å²) in [5.74, 6) is -0.240. The Hall–Kier alpha value is -3.49. The monoisotopic (exact) mass is 381 g/mol. The number of carbonyl (C=O) groups excluding carboxylic acids is 1. The molecule has 1 aromatic carbocycles. The maximum atomic E-state index is 13.1. The average Bonchev–Trinajstić information content (AvgIpc) is 3.37. The molecule has 1 fully saturated rings. The number of likely N-dealkylation sites (tertiary alicyclic amines) is 1. The normalized spacial score (nSPS) is 15.0. The number of carboxylic acid groups (broad SMARTS) is 1. The number of piperidine rings is 1. The lowest BCUT2D eigenvalue weighted by atomic mass is 10.0. The highest BCUT2D eigenvalue weighted by Crippen LogP contribution is 2.27. The zero-order valence-corrected chi connectivity index (χ0v) is 15.3. The zero-order valence-electron chi connectivity index (χ0n) is 15.3. The summed E-state index contributed by atoms with van der Waals surface area (Å²) in [5, 5.41) is 17.0. The van der Waals surface area contributed by atoms with Crippen LogP contribution in [0.1, 0.15) is 45.4 Å². The number of rotatable bonds is 4. The molecule has 1 saturated heterocycles. The third kappa shape index (κ3) is 3.38. The molecule has 1 N–H and O–H groups in total. The van der Waals surface area contributed by atoms with Crippen LogP contribution in [0.5, 0.6) is 0 Å². The van der Waals surface area contributed by atoms with Crippen molar-refractivity contribution in [2.45, 2.75) is 25.8 Å². The molecule has 2 aromatic heterocycles. The van der Waals surface area contributed by atoms with Gasteiger partial charge < -0.3 is 14.5 Å². The van der Waals surface area contributed by atoms with Crippen LogP contribution in [-0.2, 0) is 0 Å². The largest absolute Gasteiger partial charge is 0.478 e. The summed E-state index contributed by atoms with van der Waals surface area (Å²) in [5.41, 5.74) is 1.31. The van der Waals surface area contributed by atoms with Gasteiger partial charge in [0.05, 0.1) is 28.9 Å². The van der Waals surface area contributed by atoms with Crippen molar-refractivity contribution in [2.24, 2.45) is 0 Å². The maximum Gasteiger partial charge on any atom is 0.338 e. The number of aryl methyl sites for hydroxylation is 1. The topological polar surface area (TPSA) is 114 Å². The Bertz CT molecular complexity index is 1020. The zero-order chi connectivity index (χ0) is 19.7. The standard InChI is InChI=1S/C19H19N5O4/c1-12-21-17(28-22-12)15-4-2-3-5-16(15)18(25)23-8-6-14(7-9-23)24-11-13(10-20-24)19(26)27/h2-5,10-11,14H,6-9H2,1H3,(H,26,27). The van der Waals surface area contributed by atoms with Gasteiger partial charge in [-0.25, -0.2) is 4.79 Å². The summed E-state index contributed by atoms with van der Waals surface area (Å²) in [6.45, 7) is 2.85. The van der Waals surface area contributed by atoms with Crippen LogP contribution in [-0.4, -0.2) is 54.9 Å². The summed E-state index contributed by atoms with van der Waals surface area (Å²) in [6.07, 6.45) is 4.29. The molecule has 1 aliphatic heterocycles. The van der Waals surface area contributed by atoms with Crippen molar-refractivity contribution in [2.75, 3.05) is 13.1 Å². The predicted molar refractivity (Wildman–Crippen MR) is 97.8 cm³/mol. The number of aromatic carboxylic acids is 1. The van der Waals surface area contributed by atoms with Crippen molar-refractivity contribution in [1.29, 1.82) is 0 Å². The van der Waals surface area contributed by atoms with E-state index in [1.165, 1.54) is 12.4 Å². The van der Waals surface area contributed by atoms with E-state index in [0.717, 1.165) is 0 Å². The summed E-state index contributed by atoms with van der Waals surface area (Å²) in [4.78, 5) is 30.1. The molecule has 0 radical (unpaired) electrons. The van der Waals surface area contributed by atoms with Crippen molar-refractivity contribution in [3.63, 3.8) is 0 Å². The van der Waals surface area contributed by atoms with E-state index in [1.807, 2.05) is 12.1 Å². The highest BCUT2D eigenvalue weighted by Gasteiger charge is 2.27. The van der Waals surface area contributed by atoms with Gasteiger partial charge in [0.2, 0.25) is 0 Å². The van der Waals surface area contributed by atoms with Gasteiger partial charge >= 0.3 is 5.97 Å². The lowest BCUT2D eigenvalue weighted by Crippen LogP contribution is -2.39. The molecule has 144 valence electrons. The second-order valence-corrected chi connectivity index (χ2v) is 6.73. The molecular weight excluding hydrogens is 362 g/mol. The number of amides is 1. The summed E-state index contributed by atoms with van der Waals surface area (Å²) < 4.78 is 6.91. The van der Waals surface area contributed by atoms with E-state index in [-0.39, 0.29) is 17.5 Å². The van der Waals surface area contributed by atoms with Gasteiger partial charge in [-0.1, -0.05) is 17.3 Å². The quantitative estimate of drug-likeness (QED) is 0.738. The van der Waals surface area contributed by atoms with Crippen molar-refractivity contribution < 1.29 is 19.2 Å². The molecule has 4 rings (SSSR count). The first kappa shape index (κ1) is 17.9. The highest BCUT2D eigenvalue weighted by molar-refractivity contribution is 6.00. The minimum Gasteiger partial charge on any atom is -0.478 e. The minimum absolute atomic E-state index is 0.0750. The van der Waals surface area contributed by atoms with E-state index in [9.17, 15) is 9.59 Å². The first-order chi connectivity index (χ1) is 13.5. The molecule has 9 nitrogen and oxygen atoms in total. The van der Waals surface area contributed by atoms with Gasteiger partial charge in [-0.05, 0) is 31.9 Å². The Morgan fingerprint density at radius 2 is 1.96 bits per heavy atom. The van der Waals surface area contributed by atoms with Crippen LogP contribution >= 0.6 is 0 Å². The van der Waals surface area contributed by atoms with Crippen LogP contribution in [0.25, 0.3) is 11.5 Å². The molecule has 28 heavy (non-hydrogen) atoms. The molecule has 1 aliphatic rings. The first-order valence-electron chi connectivity index (χ1n) is 8.99. The van der Waals surface area contributed by atoms with E-state index >= 15 is 0 Å². The molecular formula is C19H19N5O4. The molecule has 0 spiro atoms. The highest BCUT2D eigenvalue weighted by atomic mass is 16.5. The fourth-order valence-corrected chi connectivity index (χ4v) is 3.41. The van der Waals surface area contributed by atoms with Gasteiger partial charge in [-0.3, -0.25) is 9.48 Å². The average molecular weight is 381 g/mol. The van der Waals surface area contributed by atoms with Crippen molar-refractivity contribution in [3.05, 3.63) is 53.6 Å². The molecule has 9 heteroatoms. The SMILES string of the molecule is Cc1noc(-c2ccccc2C(=O)N2CCC(n3cc(C(=O)O)cn3)CC2)n1. The van der Waals surface area contributed by atoms with Gasteiger partial charge in [0, 0.05) is 19.3 Å². The lowest BCUT2D eigenvalue weighted by Gasteiger charge is -2.32. The first-order valence-corrected chi connectivity index (χ1v) is 8.99. The van der Waals surface area contributed by atoms with Crippen molar-refractivity contribution >= 4 is 11.9 Å². The van der Waals surface area contributed by atoms with Gasteiger partial charge in [0.15, 0.2) is 5.82 Å². The Labute approximate surface area is 160 Å². The maximum absolute atomic E-state index is 13.1. The Morgan fingerprint density at radius 3 is 2.61 bits per heavy atom. The third-order valence-electron chi connectivity index (χ3n) is 4.89. The molecule has 0 unspecified atom stereocenters. The number of nitrogens with zero attached hydrogens (tertiary/aromatic N) is 5. The fourth-order valence-electron chi connectivity index (χ4n) is 3.41.